The number of hydrogen-bond donors (Lipinski definition) is 2. The number of amides is 2. The molecule has 0 radical (unpaired) electrons. The fraction of sp³-hybridized carbons (Fsp3) is 0.222. The Morgan fingerprint density at radius 1 is 1.06 bits per heavy atom. The molecule has 1 unspecified atom stereocenters. The van der Waals surface area contributed by atoms with Gasteiger partial charge in [0.25, 0.3) is 5.91 Å². The molecule has 2 N–H and O–H groups in total. The van der Waals surface area contributed by atoms with E-state index in [2.05, 4.69) is 34.3 Å². The highest BCUT2D eigenvalue weighted by Crippen LogP contribution is 2.29. The summed E-state index contributed by atoms with van der Waals surface area (Å²) >= 11 is 6.02. The lowest BCUT2D eigenvalue weighted by atomic mass is 10.1. The number of benzene rings is 3. The van der Waals surface area contributed by atoms with Crippen molar-refractivity contribution in [3.05, 3.63) is 76.8 Å². The summed E-state index contributed by atoms with van der Waals surface area (Å²) in [5.41, 5.74) is 3.74. The summed E-state index contributed by atoms with van der Waals surface area (Å²) in [4.78, 5) is 25.2. The lowest BCUT2D eigenvalue weighted by molar-refractivity contribution is -0.116. The molecule has 0 saturated carbocycles. The van der Waals surface area contributed by atoms with E-state index in [0.29, 0.717) is 28.4 Å². The van der Waals surface area contributed by atoms with E-state index in [4.69, 9.17) is 16.9 Å². The van der Waals surface area contributed by atoms with E-state index in [1.165, 1.54) is 0 Å². The maximum absolute atomic E-state index is 12.8. The fourth-order valence-corrected chi connectivity index (χ4v) is 4.41. The molecule has 0 bridgehead atoms. The molecular weight excluding hydrogens is 448 g/mol. The van der Waals surface area contributed by atoms with Crippen LogP contribution in [0.2, 0.25) is 5.02 Å². The number of anilines is 1. The molecule has 2 amide bonds. The van der Waals surface area contributed by atoms with Crippen molar-refractivity contribution in [3.8, 4) is 6.07 Å². The number of carbonyl (C=O) groups is 2. The van der Waals surface area contributed by atoms with E-state index in [0.717, 1.165) is 28.4 Å². The monoisotopic (exact) mass is 472 g/mol. The van der Waals surface area contributed by atoms with Gasteiger partial charge < -0.3 is 15.2 Å². The van der Waals surface area contributed by atoms with Crippen molar-refractivity contribution in [1.82, 2.24) is 9.88 Å². The maximum atomic E-state index is 12.8. The Bertz CT molecular complexity index is 1430. The van der Waals surface area contributed by atoms with Gasteiger partial charge in [0.2, 0.25) is 5.91 Å². The summed E-state index contributed by atoms with van der Waals surface area (Å²) in [5.74, 6) is -0.416. The van der Waals surface area contributed by atoms with Crippen LogP contribution in [-0.2, 0) is 11.3 Å². The second kappa shape index (κ2) is 9.98. The zero-order chi connectivity index (χ0) is 24.2. The van der Waals surface area contributed by atoms with Gasteiger partial charge in [-0.3, -0.25) is 9.59 Å². The van der Waals surface area contributed by atoms with E-state index in [9.17, 15) is 9.59 Å². The summed E-state index contributed by atoms with van der Waals surface area (Å²) in [6.07, 6.45) is 0.237. The predicted octanol–water partition coefficient (Wildman–Crippen LogP) is 5.73. The second-order valence-corrected chi connectivity index (χ2v) is 8.77. The third kappa shape index (κ3) is 4.75. The molecule has 1 aromatic heterocycles. The van der Waals surface area contributed by atoms with Crippen molar-refractivity contribution >= 4 is 50.9 Å². The molecule has 1 atom stereocenters. The Labute approximate surface area is 203 Å². The molecule has 0 aliphatic carbocycles. The van der Waals surface area contributed by atoms with Crippen LogP contribution in [0.4, 0.5) is 5.69 Å². The molecule has 4 aromatic rings. The predicted molar refractivity (Wildman–Crippen MR) is 136 cm³/mol. The van der Waals surface area contributed by atoms with Gasteiger partial charge in [-0.15, -0.1) is 0 Å². The van der Waals surface area contributed by atoms with Crippen LogP contribution in [-0.4, -0.2) is 22.9 Å². The first-order valence-electron chi connectivity index (χ1n) is 11.2. The van der Waals surface area contributed by atoms with Crippen molar-refractivity contribution < 1.29 is 9.59 Å². The maximum Gasteiger partial charge on any atom is 0.251 e. The normalized spacial score (nSPS) is 11.8. The third-order valence-corrected chi connectivity index (χ3v) is 6.18. The second-order valence-electron chi connectivity index (χ2n) is 8.37. The number of carbonyl (C=O) groups excluding carboxylic acids is 2. The average Bonchev–Trinajstić information content (AvgIpc) is 3.15. The molecule has 0 aliphatic rings. The van der Waals surface area contributed by atoms with E-state index in [-0.39, 0.29) is 24.2 Å². The molecule has 6 nitrogen and oxygen atoms in total. The first-order chi connectivity index (χ1) is 16.4. The number of nitriles is 1. The van der Waals surface area contributed by atoms with E-state index in [1.807, 2.05) is 43.3 Å². The average molecular weight is 473 g/mol. The minimum absolute atomic E-state index is 0.0662. The summed E-state index contributed by atoms with van der Waals surface area (Å²) < 4.78 is 2.24. The number of hydrogen-bond acceptors (Lipinski definition) is 3. The molecular formula is C27H25ClN4O2. The number of aromatic nitrogens is 1. The Balaban J connectivity index is 1.38. The number of nitrogens with zero attached hydrogens (tertiary/aromatic N) is 2. The van der Waals surface area contributed by atoms with Crippen LogP contribution in [0, 0.1) is 17.2 Å². The highest BCUT2D eigenvalue weighted by Gasteiger charge is 2.15. The van der Waals surface area contributed by atoms with E-state index < -0.39 is 0 Å². The fourth-order valence-electron chi connectivity index (χ4n) is 4.19. The lowest BCUT2D eigenvalue weighted by Crippen LogP contribution is -2.30. The van der Waals surface area contributed by atoms with Gasteiger partial charge in [0.1, 0.15) is 6.07 Å². The molecule has 4 rings (SSSR count). The number of fused-ring (bicyclic) bond motifs is 3. The van der Waals surface area contributed by atoms with E-state index in [1.54, 1.807) is 18.2 Å². The number of halogens is 1. The van der Waals surface area contributed by atoms with Gasteiger partial charge in [-0.2, -0.15) is 5.26 Å². The quantitative estimate of drug-likeness (QED) is 0.360. The van der Waals surface area contributed by atoms with Crippen LogP contribution in [0.3, 0.4) is 0 Å². The van der Waals surface area contributed by atoms with Crippen molar-refractivity contribution in [3.63, 3.8) is 0 Å². The highest BCUT2D eigenvalue weighted by molar-refractivity contribution is 6.32. The zero-order valence-corrected chi connectivity index (χ0v) is 19.8. The van der Waals surface area contributed by atoms with Crippen LogP contribution in [0.15, 0.2) is 60.7 Å². The van der Waals surface area contributed by atoms with Gasteiger partial charge >= 0.3 is 0 Å². The Kier molecular flexibility index (Phi) is 6.85. The van der Waals surface area contributed by atoms with Crippen LogP contribution >= 0.6 is 11.6 Å². The van der Waals surface area contributed by atoms with Crippen molar-refractivity contribution in [2.75, 3.05) is 11.9 Å². The third-order valence-electron chi connectivity index (χ3n) is 5.87. The van der Waals surface area contributed by atoms with Crippen molar-refractivity contribution in [1.29, 1.82) is 5.26 Å². The van der Waals surface area contributed by atoms with Gasteiger partial charge in [0.05, 0.1) is 10.6 Å². The van der Waals surface area contributed by atoms with Crippen LogP contribution < -0.4 is 10.6 Å². The standard InChI is InChI=1S/C27H25ClN4O2/c1-3-32-24-7-5-4-6-21(24)22-13-18(9-11-25(22)32)27(34)30-16-17(2)12-26(33)31-20-10-8-19(15-29)23(28)14-20/h4-11,13-14,17H,3,12,16H2,1-2H3,(H,30,34)(H,31,33). The van der Waals surface area contributed by atoms with Gasteiger partial charge in [-0.05, 0) is 55.3 Å². The minimum atomic E-state index is -0.184. The first kappa shape index (κ1) is 23.3. The molecule has 0 spiro atoms. The Morgan fingerprint density at radius 3 is 2.56 bits per heavy atom. The first-order valence-corrected chi connectivity index (χ1v) is 11.6. The lowest BCUT2D eigenvalue weighted by Gasteiger charge is -2.13. The molecule has 34 heavy (non-hydrogen) atoms. The van der Waals surface area contributed by atoms with Crippen LogP contribution in [0.25, 0.3) is 21.8 Å². The Morgan fingerprint density at radius 2 is 1.82 bits per heavy atom. The molecule has 0 saturated heterocycles. The number of nitrogens with one attached hydrogen (secondary N) is 2. The minimum Gasteiger partial charge on any atom is -0.352 e. The molecule has 3 aromatic carbocycles. The smallest absolute Gasteiger partial charge is 0.251 e. The van der Waals surface area contributed by atoms with Crippen molar-refractivity contribution in [2.24, 2.45) is 5.92 Å². The van der Waals surface area contributed by atoms with Gasteiger partial charge in [0, 0.05) is 52.6 Å². The number of para-hydroxylation sites is 1. The molecule has 0 fully saturated rings. The summed E-state index contributed by atoms with van der Waals surface area (Å²) in [5, 5.41) is 17.1. The highest BCUT2D eigenvalue weighted by atomic mass is 35.5. The molecule has 172 valence electrons. The molecule has 7 heteroatoms. The number of aryl methyl sites for hydroxylation is 1. The van der Waals surface area contributed by atoms with Gasteiger partial charge in [-0.1, -0.05) is 36.7 Å². The zero-order valence-electron chi connectivity index (χ0n) is 19.1. The summed E-state index contributed by atoms with van der Waals surface area (Å²) in [6.45, 7) is 5.24. The molecule has 0 aliphatic heterocycles. The van der Waals surface area contributed by atoms with Gasteiger partial charge in [-0.25, -0.2) is 0 Å². The number of rotatable bonds is 7. The summed E-state index contributed by atoms with van der Waals surface area (Å²) in [7, 11) is 0. The van der Waals surface area contributed by atoms with Crippen molar-refractivity contribution in [2.45, 2.75) is 26.8 Å². The Hall–Kier alpha value is -3.82. The largest absolute Gasteiger partial charge is 0.352 e. The van der Waals surface area contributed by atoms with E-state index >= 15 is 0 Å². The summed E-state index contributed by atoms with van der Waals surface area (Å²) in [6, 6.07) is 20.7. The molecule has 1 heterocycles. The van der Waals surface area contributed by atoms with Crippen LogP contribution in [0.1, 0.15) is 36.2 Å². The SMILES string of the molecule is CCn1c2ccccc2c2cc(C(=O)NCC(C)CC(=O)Nc3ccc(C#N)c(Cl)c3)ccc21. The topological polar surface area (TPSA) is 86.9 Å². The van der Waals surface area contributed by atoms with Gasteiger partial charge in [0.15, 0.2) is 0 Å². The van der Waals surface area contributed by atoms with Crippen LogP contribution in [0.5, 0.6) is 0 Å².